The molecule has 0 aliphatic rings. The predicted molar refractivity (Wildman–Crippen MR) is 96.2 cm³/mol. The molecule has 112 valence electrons. The molecule has 0 unspecified atom stereocenters. The lowest BCUT2D eigenvalue weighted by molar-refractivity contribution is 0.582. The SMILES string of the molecule is c1ccc(-n2c3ccccc3c3cc(-c4ccco4)ccc32)cc#1. The van der Waals surface area contributed by atoms with Crippen LogP contribution in [-0.4, -0.2) is 4.57 Å². The lowest BCUT2D eigenvalue weighted by atomic mass is 10.1. The van der Waals surface area contributed by atoms with Crippen molar-refractivity contribution in [2.24, 2.45) is 0 Å². The summed E-state index contributed by atoms with van der Waals surface area (Å²) in [4.78, 5) is 0. The molecule has 0 bridgehead atoms. The summed E-state index contributed by atoms with van der Waals surface area (Å²) in [6.07, 6.45) is 1.71. The number of hydrogen-bond acceptors (Lipinski definition) is 1. The van der Waals surface area contributed by atoms with Crippen molar-refractivity contribution in [1.82, 2.24) is 4.57 Å². The van der Waals surface area contributed by atoms with Crippen LogP contribution in [0, 0.1) is 12.1 Å². The van der Waals surface area contributed by atoms with Gasteiger partial charge in [0.05, 0.1) is 23.0 Å². The fourth-order valence-electron chi connectivity index (χ4n) is 3.33. The predicted octanol–water partition coefficient (Wildman–Crippen LogP) is 5.64. The summed E-state index contributed by atoms with van der Waals surface area (Å²) in [5.41, 5.74) is 4.53. The minimum atomic E-state index is 0.886. The first-order chi connectivity index (χ1) is 11.9. The maximum absolute atomic E-state index is 5.56. The Balaban J connectivity index is 1.89. The van der Waals surface area contributed by atoms with E-state index in [1.54, 1.807) is 6.26 Å². The van der Waals surface area contributed by atoms with E-state index in [1.807, 2.05) is 24.3 Å². The molecule has 0 saturated carbocycles. The molecule has 0 saturated heterocycles. The molecular weight excluding hydrogens is 294 g/mol. The van der Waals surface area contributed by atoms with Gasteiger partial charge in [-0.05, 0) is 48.5 Å². The second-order valence-corrected chi connectivity index (χ2v) is 5.75. The number of aromatic nitrogens is 1. The molecule has 0 N–H and O–H groups in total. The Hall–Kier alpha value is -3.44. The van der Waals surface area contributed by atoms with Crippen molar-refractivity contribution in [3.05, 3.63) is 91.2 Å². The van der Waals surface area contributed by atoms with E-state index in [0.29, 0.717) is 0 Å². The van der Waals surface area contributed by atoms with Crippen LogP contribution in [-0.2, 0) is 0 Å². The Morgan fingerprint density at radius 2 is 1.71 bits per heavy atom. The van der Waals surface area contributed by atoms with Crippen molar-refractivity contribution in [3.8, 4) is 17.0 Å². The van der Waals surface area contributed by atoms with Crippen LogP contribution in [0.25, 0.3) is 38.8 Å². The molecule has 0 atom stereocenters. The number of hydrogen-bond donors (Lipinski definition) is 0. The largest absolute Gasteiger partial charge is 0.464 e. The fourth-order valence-corrected chi connectivity index (χ4v) is 3.33. The standard InChI is InChI=1S/C22H13NO/c1-2-7-17(8-3-1)23-20-10-5-4-9-18(20)19-15-16(12-13-21(19)23)22-11-6-14-24-22/h2,4-15H. The number of furan rings is 1. The van der Waals surface area contributed by atoms with Crippen molar-refractivity contribution in [1.29, 1.82) is 0 Å². The monoisotopic (exact) mass is 307 g/mol. The van der Waals surface area contributed by atoms with Gasteiger partial charge in [0.25, 0.3) is 0 Å². The number of benzene rings is 2. The lowest BCUT2D eigenvalue weighted by Crippen LogP contribution is -1.92. The molecule has 0 spiro atoms. The summed E-state index contributed by atoms with van der Waals surface area (Å²) < 4.78 is 7.82. The zero-order valence-corrected chi connectivity index (χ0v) is 12.9. The van der Waals surface area contributed by atoms with Crippen LogP contribution >= 0.6 is 0 Å². The van der Waals surface area contributed by atoms with E-state index in [-0.39, 0.29) is 0 Å². The van der Waals surface area contributed by atoms with Crippen LogP contribution in [0.2, 0.25) is 0 Å². The molecule has 0 aliphatic heterocycles. The van der Waals surface area contributed by atoms with Crippen LogP contribution in [0.5, 0.6) is 0 Å². The first-order valence-corrected chi connectivity index (χ1v) is 7.87. The summed E-state index contributed by atoms with van der Waals surface area (Å²) in [7, 11) is 0. The number of nitrogens with zero attached hydrogens (tertiary/aromatic N) is 1. The first-order valence-electron chi connectivity index (χ1n) is 7.87. The van der Waals surface area contributed by atoms with Gasteiger partial charge in [-0.1, -0.05) is 30.3 Å². The van der Waals surface area contributed by atoms with Crippen molar-refractivity contribution < 1.29 is 4.42 Å². The molecule has 5 rings (SSSR count). The van der Waals surface area contributed by atoms with Gasteiger partial charge in [-0.15, -0.1) is 0 Å². The maximum Gasteiger partial charge on any atom is 0.133 e. The average Bonchev–Trinajstić information content (AvgIpc) is 3.28. The van der Waals surface area contributed by atoms with E-state index in [1.165, 1.54) is 21.8 Å². The highest BCUT2D eigenvalue weighted by atomic mass is 16.3. The number of fused-ring (bicyclic) bond motifs is 3. The minimum Gasteiger partial charge on any atom is -0.464 e. The van der Waals surface area contributed by atoms with Gasteiger partial charge in [0.15, 0.2) is 0 Å². The third kappa shape index (κ3) is 1.85. The third-order valence-corrected chi connectivity index (χ3v) is 4.38. The molecule has 2 heterocycles. The van der Waals surface area contributed by atoms with Gasteiger partial charge < -0.3 is 8.98 Å². The zero-order chi connectivity index (χ0) is 15.9. The van der Waals surface area contributed by atoms with Crippen molar-refractivity contribution in [3.63, 3.8) is 0 Å². The quantitative estimate of drug-likeness (QED) is 0.412. The molecule has 2 heteroatoms. The van der Waals surface area contributed by atoms with Gasteiger partial charge in [-0.3, -0.25) is 0 Å². The van der Waals surface area contributed by atoms with E-state index in [0.717, 1.165) is 17.0 Å². The maximum atomic E-state index is 5.56. The Labute approximate surface area is 139 Å². The molecule has 2 aromatic heterocycles. The fraction of sp³-hybridized carbons (Fsp3) is 0. The van der Waals surface area contributed by atoms with Crippen LogP contribution in [0.3, 0.4) is 0 Å². The highest BCUT2D eigenvalue weighted by Gasteiger charge is 2.13. The zero-order valence-electron chi connectivity index (χ0n) is 12.9. The average molecular weight is 307 g/mol. The van der Waals surface area contributed by atoms with Gasteiger partial charge in [-0.2, -0.15) is 0 Å². The highest BCUT2D eigenvalue weighted by Crippen LogP contribution is 2.34. The number of para-hydroxylation sites is 1. The summed E-state index contributed by atoms with van der Waals surface area (Å²) >= 11 is 0. The van der Waals surface area contributed by atoms with E-state index >= 15 is 0 Å². The molecular formula is C22H13NO. The summed E-state index contributed by atoms with van der Waals surface area (Å²) in [5.74, 6) is 0.886. The Morgan fingerprint density at radius 1 is 0.792 bits per heavy atom. The summed E-state index contributed by atoms with van der Waals surface area (Å²) in [6.45, 7) is 0. The highest BCUT2D eigenvalue weighted by molar-refractivity contribution is 6.10. The molecule has 0 aliphatic carbocycles. The molecule has 5 aromatic rings. The molecule has 0 fully saturated rings. The minimum absolute atomic E-state index is 0.886. The van der Waals surface area contributed by atoms with Crippen LogP contribution < -0.4 is 0 Å². The van der Waals surface area contributed by atoms with Crippen molar-refractivity contribution >= 4 is 21.8 Å². The van der Waals surface area contributed by atoms with E-state index in [4.69, 9.17) is 4.42 Å². The van der Waals surface area contributed by atoms with Crippen molar-refractivity contribution in [2.75, 3.05) is 0 Å². The molecule has 3 aromatic carbocycles. The third-order valence-electron chi connectivity index (χ3n) is 4.38. The van der Waals surface area contributed by atoms with E-state index in [9.17, 15) is 0 Å². The van der Waals surface area contributed by atoms with Crippen molar-refractivity contribution in [2.45, 2.75) is 0 Å². The summed E-state index contributed by atoms with van der Waals surface area (Å²) in [5, 5.41) is 2.45. The van der Waals surface area contributed by atoms with Crippen LogP contribution in [0.4, 0.5) is 0 Å². The lowest BCUT2D eigenvalue weighted by Gasteiger charge is -2.06. The summed E-state index contributed by atoms with van der Waals surface area (Å²) in [6, 6.07) is 30.8. The Bertz CT molecular complexity index is 1130. The topological polar surface area (TPSA) is 18.1 Å². The second-order valence-electron chi connectivity index (χ2n) is 5.75. The van der Waals surface area contributed by atoms with Gasteiger partial charge in [0.2, 0.25) is 0 Å². The molecule has 2 nitrogen and oxygen atoms in total. The Morgan fingerprint density at radius 3 is 2.54 bits per heavy atom. The Kier molecular flexibility index (Phi) is 2.74. The van der Waals surface area contributed by atoms with Gasteiger partial charge in [0, 0.05) is 22.4 Å². The smallest absolute Gasteiger partial charge is 0.133 e. The molecule has 0 amide bonds. The van der Waals surface area contributed by atoms with Crippen LogP contribution in [0.15, 0.2) is 83.5 Å². The molecule has 24 heavy (non-hydrogen) atoms. The van der Waals surface area contributed by atoms with Crippen LogP contribution in [0.1, 0.15) is 0 Å². The second kappa shape index (κ2) is 5.04. The van der Waals surface area contributed by atoms with Gasteiger partial charge >= 0.3 is 0 Å². The first kappa shape index (κ1) is 13.0. The van der Waals surface area contributed by atoms with Gasteiger partial charge in [0.1, 0.15) is 5.76 Å². The number of rotatable bonds is 2. The van der Waals surface area contributed by atoms with Gasteiger partial charge in [-0.25, -0.2) is 0 Å². The van der Waals surface area contributed by atoms with E-state index < -0.39 is 0 Å². The van der Waals surface area contributed by atoms with E-state index in [2.05, 4.69) is 65.2 Å². The normalized spacial score (nSPS) is 11.0. The molecule has 0 radical (unpaired) electrons.